The maximum absolute atomic E-state index is 12.0. The number of fused-ring (bicyclic) bond motifs is 1. The molecule has 2 aromatic carbocycles. The molecule has 1 amide bonds. The highest BCUT2D eigenvalue weighted by Crippen LogP contribution is 2.31. The van der Waals surface area contributed by atoms with E-state index in [0.29, 0.717) is 18.0 Å². The third-order valence-electron chi connectivity index (χ3n) is 3.39. The molecule has 1 N–H and O–H groups in total. The number of carbonyl (C=O) groups is 2. The van der Waals surface area contributed by atoms with Crippen molar-refractivity contribution in [3.8, 4) is 5.75 Å². The van der Waals surface area contributed by atoms with Crippen LogP contribution < -0.4 is 10.1 Å². The van der Waals surface area contributed by atoms with E-state index in [1.54, 1.807) is 13.0 Å². The third kappa shape index (κ3) is 5.65. The molecular weight excluding hydrogens is 334 g/mol. The van der Waals surface area contributed by atoms with Gasteiger partial charge in [0.15, 0.2) is 0 Å². The Kier molecular flexibility index (Phi) is 6.44. The second-order valence-corrected chi connectivity index (χ2v) is 6.69. The molecule has 0 saturated carbocycles. The van der Waals surface area contributed by atoms with Gasteiger partial charge in [-0.2, -0.15) is 0 Å². The molecule has 0 bridgehead atoms. The Morgan fingerprint density at radius 2 is 1.73 bits per heavy atom. The first-order valence-electron chi connectivity index (χ1n) is 8.60. The molecule has 0 aliphatic heterocycles. The lowest BCUT2D eigenvalue weighted by atomic mass is 10.1. The van der Waals surface area contributed by atoms with Gasteiger partial charge in [0, 0.05) is 10.8 Å². The van der Waals surface area contributed by atoms with Crippen LogP contribution in [0, 0.1) is 0 Å². The van der Waals surface area contributed by atoms with Crippen LogP contribution in [0.5, 0.6) is 5.75 Å². The van der Waals surface area contributed by atoms with Crippen molar-refractivity contribution in [1.82, 2.24) is 0 Å². The van der Waals surface area contributed by atoms with E-state index in [0.717, 1.165) is 10.8 Å². The van der Waals surface area contributed by atoms with Gasteiger partial charge in [-0.25, -0.2) is 4.79 Å². The van der Waals surface area contributed by atoms with Crippen molar-refractivity contribution in [2.24, 2.45) is 0 Å². The monoisotopic (exact) mass is 359 g/mol. The van der Waals surface area contributed by atoms with E-state index in [1.165, 1.54) is 0 Å². The minimum Gasteiger partial charge on any atom is -0.492 e. The van der Waals surface area contributed by atoms with Crippen molar-refractivity contribution in [1.29, 1.82) is 0 Å². The lowest BCUT2D eigenvalue weighted by molar-refractivity contribution is -0.143. The minimum absolute atomic E-state index is 0.181. The van der Waals surface area contributed by atoms with E-state index in [2.05, 4.69) is 5.32 Å². The van der Waals surface area contributed by atoms with Crippen molar-refractivity contribution >= 4 is 28.5 Å². The quantitative estimate of drug-likeness (QED) is 0.768. The van der Waals surface area contributed by atoms with E-state index in [4.69, 9.17) is 14.2 Å². The normalized spacial score (nSPS) is 11.1. The SMILES string of the molecule is CCOC(=O)CCOc1cccc2c(NC(=O)OC(C)(C)C)cccc12. The number of rotatable bonds is 6. The fourth-order valence-corrected chi connectivity index (χ4v) is 2.41. The van der Waals surface area contributed by atoms with Gasteiger partial charge < -0.3 is 14.2 Å². The average molecular weight is 359 g/mol. The molecule has 0 radical (unpaired) electrons. The first kappa shape index (κ1) is 19.6. The summed E-state index contributed by atoms with van der Waals surface area (Å²) in [7, 11) is 0. The summed E-state index contributed by atoms with van der Waals surface area (Å²) in [5.74, 6) is 0.347. The van der Waals surface area contributed by atoms with Crippen LogP contribution in [0.3, 0.4) is 0 Å². The van der Waals surface area contributed by atoms with Gasteiger partial charge in [0.25, 0.3) is 0 Å². The first-order chi connectivity index (χ1) is 12.3. The summed E-state index contributed by atoms with van der Waals surface area (Å²) >= 11 is 0. The molecule has 0 aromatic heterocycles. The number of benzene rings is 2. The molecule has 0 aliphatic rings. The Balaban J connectivity index is 2.15. The third-order valence-corrected chi connectivity index (χ3v) is 3.39. The number of anilines is 1. The predicted octanol–water partition coefficient (Wildman–Crippen LogP) is 4.52. The molecule has 0 saturated heterocycles. The molecule has 2 rings (SSSR count). The van der Waals surface area contributed by atoms with Gasteiger partial charge in [-0.05, 0) is 39.8 Å². The number of nitrogens with one attached hydrogen (secondary N) is 1. The van der Waals surface area contributed by atoms with Crippen LogP contribution >= 0.6 is 0 Å². The molecule has 0 atom stereocenters. The van der Waals surface area contributed by atoms with E-state index in [9.17, 15) is 9.59 Å². The van der Waals surface area contributed by atoms with Crippen molar-refractivity contribution in [3.05, 3.63) is 36.4 Å². The van der Waals surface area contributed by atoms with Crippen LogP contribution in [0.4, 0.5) is 10.5 Å². The highest BCUT2D eigenvalue weighted by atomic mass is 16.6. The van der Waals surface area contributed by atoms with Crippen LogP contribution in [-0.2, 0) is 14.3 Å². The van der Waals surface area contributed by atoms with Gasteiger partial charge in [-0.1, -0.05) is 24.3 Å². The zero-order valence-corrected chi connectivity index (χ0v) is 15.6. The Morgan fingerprint density at radius 1 is 1.04 bits per heavy atom. The van der Waals surface area contributed by atoms with Crippen LogP contribution in [0.25, 0.3) is 10.8 Å². The van der Waals surface area contributed by atoms with Crippen LogP contribution in [0.2, 0.25) is 0 Å². The fourth-order valence-electron chi connectivity index (χ4n) is 2.41. The zero-order chi connectivity index (χ0) is 19.2. The van der Waals surface area contributed by atoms with Gasteiger partial charge in [-0.15, -0.1) is 0 Å². The van der Waals surface area contributed by atoms with E-state index in [1.807, 2.05) is 51.1 Å². The second kappa shape index (κ2) is 8.56. The summed E-state index contributed by atoms with van der Waals surface area (Å²) in [5.41, 5.74) is 0.0587. The molecule has 0 fully saturated rings. The lowest BCUT2D eigenvalue weighted by Crippen LogP contribution is -2.27. The number of ether oxygens (including phenoxy) is 3. The number of amides is 1. The number of hydrogen-bond donors (Lipinski definition) is 1. The summed E-state index contributed by atoms with van der Waals surface area (Å²) in [4.78, 5) is 23.5. The molecule has 2 aromatic rings. The average Bonchev–Trinajstić information content (AvgIpc) is 2.54. The largest absolute Gasteiger partial charge is 0.492 e. The molecule has 0 unspecified atom stereocenters. The Labute approximate surface area is 153 Å². The minimum atomic E-state index is -0.573. The zero-order valence-electron chi connectivity index (χ0n) is 15.6. The summed E-state index contributed by atoms with van der Waals surface area (Å²) in [6, 6.07) is 11.1. The second-order valence-electron chi connectivity index (χ2n) is 6.69. The van der Waals surface area contributed by atoms with Gasteiger partial charge in [-0.3, -0.25) is 10.1 Å². The molecule has 0 spiro atoms. The van der Waals surface area contributed by atoms with Gasteiger partial charge in [0.2, 0.25) is 0 Å². The van der Waals surface area contributed by atoms with E-state index in [-0.39, 0.29) is 19.0 Å². The van der Waals surface area contributed by atoms with E-state index < -0.39 is 11.7 Å². The van der Waals surface area contributed by atoms with Crippen LogP contribution in [0.1, 0.15) is 34.1 Å². The molecule has 6 nitrogen and oxygen atoms in total. The predicted molar refractivity (Wildman–Crippen MR) is 101 cm³/mol. The molecule has 26 heavy (non-hydrogen) atoms. The Bertz CT molecular complexity index is 779. The van der Waals surface area contributed by atoms with Gasteiger partial charge in [0.1, 0.15) is 11.4 Å². The van der Waals surface area contributed by atoms with Crippen molar-refractivity contribution in [2.75, 3.05) is 18.5 Å². The van der Waals surface area contributed by atoms with E-state index >= 15 is 0 Å². The van der Waals surface area contributed by atoms with Crippen LogP contribution in [0.15, 0.2) is 36.4 Å². The standard InChI is InChI=1S/C20H25NO5/c1-5-24-18(22)12-13-25-17-11-7-8-14-15(17)9-6-10-16(14)21-19(23)26-20(2,3)4/h6-11H,5,12-13H2,1-4H3,(H,21,23). The Morgan fingerprint density at radius 3 is 2.42 bits per heavy atom. The van der Waals surface area contributed by atoms with Crippen molar-refractivity contribution in [2.45, 2.75) is 39.7 Å². The highest BCUT2D eigenvalue weighted by molar-refractivity contribution is 6.02. The molecule has 0 heterocycles. The van der Waals surface area contributed by atoms with Crippen molar-refractivity contribution < 1.29 is 23.8 Å². The topological polar surface area (TPSA) is 73.9 Å². The number of hydrogen-bond acceptors (Lipinski definition) is 5. The van der Waals surface area contributed by atoms with Crippen LogP contribution in [-0.4, -0.2) is 30.9 Å². The summed E-state index contributed by atoms with van der Waals surface area (Å²) in [6.45, 7) is 7.78. The summed E-state index contributed by atoms with van der Waals surface area (Å²) in [6.07, 6.45) is -0.335. The smallest absolute Gasteiger partial charge is 0.412 e. The maximum atomic E-state index is 12.0. The molecule has 0 aliphatic carbocycles. The lowest BCUT2D eigenvalue weighted by Gasteiger charge is -2.20. The van der Waals surface area contributed by atoms with Gasteiger partial charge >= 0.3 is 12.1 Å². The molecule has 140 valence electrons. The first-order valence-corrected chi connectivity index (χ1v) is 8.60. The number of esters is 1. The molecular formula is C20H25NO5. The summed E-state index contributed by atoms with van der Waals surface area (Å²) in [5, 5.41) is 4.43. The van der Waals surface area contributed by atoms with Gasteiger partial charge in [0.05, 0.1) is 25.3 Å². The summed E-state index contributed by atoms with van der Waals surface area (Å²) < 4.78 is 15.9. The van der Waals surface area contributed by atoms with Crippen molar-refractivity contribution in [3.63, 3.8) is 0 Å². The highest BCUT2D eigenvalue weighted by Gasteiger charge is 2.17. The Hall–Kier alpha value is -2.76. The molecule has 6 heteroatoms. The number of carbonyl (C=O) groups excluding carboxylic acids is 2. The fraction of sp³-hybridized carbons (Fsp3) is 0.400. The maximum Gasteiger partial charge on any atom is 0.412 e.